The topological polar surface area (TPSA) is 110 Å². The molecule has 0 bridgehead atoms. The zero-order chi connectivity index (χ0) is 29.8. The Bertz CT molecular complexity index is 1470. The molecule has 42 heavy (non-hydrogen) atoms. The highest BCUT2D eigenvalue weighted by molar-refractivity contribution is 6.36. The van der Waals surface area contributed by atoms with E-state index in [0.29, 0.717) is 47.8 Å². The molecular weight excluding hydrogens is 581 g/mol. The van der Waals surface area contributed by atoms with Gasteiger partial charge in [0.2, 0.25) is 0 Å². The molecule has 1 saturated heterocycles. The van der Waals surface area contributed by atoms with Crippen molar-refractivity contribution in [2.45, 2.75) is 57.1 Å². The summed E-state index contributed by atoms with van der Waals surface area (Å²) in [6.45, 7) is 1.10. The molecular formula is C31H35Cl2N3O6. The Labute approximate surface area is 254 Å². The number of carboxylic acid groups (broad SMARTS) is 1. The number of nitrogens with zero attached hydrogens (tertiary/aromatic N) is 2. The quantitative estimate of drug-likeness (QED) is 0.276. The van der Waals surface area contributed by atoms with E-state index in [4.69, 9.17) is 32.8 Å². The van der Waals surface area contributed by atoms with Gasteiger partial charge < -0.3 is 19.7 Å². The van der Waals surface area contributed by atoms with Crippen LogP contribution in [0.5, 0.6) is 0 Å². The fourth-order valence-electron chi connectivity index (χ4n) is 5.82. The van der Waals surface area contributed by atoms with E-state index in [2.05, 4.69) is 5.32 Å². The van der Waals surface area contributed by atoms with Crippen molar-refractivity contribution >= 4 is 57.5 Å². The van der Waals surface area contributed by atoms with Crippen molar-refractivity contribution in [3.05, 3.63) is 63.8 Å². The summed E-state index contributed by atoms with van der Waals surface area (Å²) in [7, 11) is 1.88. The number of fused-ring (bicyclic) bond motifs is 1. The van der Waals surface area contributed by atoms with E-state index in [1.165, 1.54) is 0 Å². The first-order valence-corrected chi connectivity index (χ1v) is 15.0. The second-order valence-corrected chi connectivity index (χ2v) is 11.9. The molecule has 2 heterocycles. The first-order valence-electron chi connectivity index (χ1n) is 14.3. The summed E-state index contributed by atoms with van der Waals surface area (Å²) in [5.74, 6) is -1.45. The summed E-state index contributed by atoms with van der Waals surface area (Å²) in [5.41, 5.74) is 2.38. The highest BCUT2D eigenvalue weighted by Crippen LogP contribution is 2.32. The lowest BCUT2D eigenvalue weighted by Crippen LogP contribution is -2.37. The van der Waals surface area contributed by atoms with E-state index in [9.17, 15) is 19.5 Å². The molecule has 2 aromatic carbocycles. The third-order valence-electron chi connectivity index (χ3n) is 8.18. The third kappa shape index (κ3) is 7.15. The van der Waals surface area contributed by atoms with Gasteiger partial charge in [-0.05, 0) is 62.3 Å². The Morgan fingerprint density at radius 1 is 1.05 bits per heavy atom. The highest BCUT2D eigenvalue weighted by atomic mass is 35.5. The SMILES string of the molecule is Cn1cc(C(=O)Nc2cc(Cl)c(CC(=O)CON3CCC[C@H]3COC3CCC(C(=O)O)CC3)cc2Cl)c2ccccc21. The number of para-hydroxylation sites is 1. The van der Waals surface area contributed by atoms with Crippen LogP contribution < -0.4 is 5.32 Å². The molecule has 11 heteroatoms. The van der Waals surface area contributed by atoms with Crippen LogP contribution in [0, 0.1) is 5.92 Å². The van der Waals surface area contributed by atoms with Gasteiger partial charge in [-0.15, -0.1) is 0 Å². The Hall–Kier alpha value is -2.95. The lowest BCUT2D eigenvalue weighted by atomic mass is 9.87. The van der Waals surface area contributed by atoms with Gasteiger partial charge in [0, 0.05) is 42.1 Å². The molecule has 0 spiro atoms. The first-order chi connectivity index (χ1) is 20.2. The van der Waals surface area contributed by atoms with Gasteiger partial charge in [0.1, 0.15) is 6.61 Å². The number of hydrogen-bond acceptors (Lipinski definition) is 6. The highest BCUT2D eigenvalue weighted by Gasteiger charge is 2.30. The standard InChI is InChI=1S/C31H35Cl2N3O6/c1-35-16-25(24-6-2-3-7-29(24)35)30(38)34-28-15-26(32)20(14-27(28)33)13-22(37)18-42-36-12-4-5-21(36)17-41-23-10-8-19(9-11-23)31(39)40/h2-3,6-7,14-16,19,21,23H,4-5,8-13,17-18H2,1H3,(H,34,38)(H,39,40)/t19?,21-,23?/m0/s1. The predicted molar refractivity (Wildman–Crippen MR) is 161 cm³/mol. The number of Topliss-reactive ketones (excluding diaryl/α,β-unsaturated/α-hetero) is 1. The number of aliphatic carboxylic acids is 1. The summed E-state index contributed by atoms with van der Waals surface area (Å²) >= 11 is 13.0. The molecule has 1 saturated carbocycles. The van der Waals surface area contributed by atoms with Crippen LogP contribution in [0.25, 0.3) is 10.9 Å². The van der Waals surface area contributed by atoms with Gasteiger partial charge in [0.25, 0.3) is 5.91 Å². The lowest BCUT2D eigenvalue weighted by Gasteiger charge is -2.29. The van der Waals surface area contributed by atoms with E-state index >= 15 is 0 Å². The maximum absolute atomic E-state index is 13.0. The molecule has 2 N–H and O–H groups in total. The van der Waals surface area contributed by atoms with Gasteiger partial charge in [-0.1, -0.05) is 41.4 Å². The van der Waals surface area contributed by atoms with Gasteiger partial charge >= 0.3 is 5.97 Å². The van der Waals surface area contributed by atoms with Crippen LogP contribution >= 0.6 is 23.2 Å². The minimum atomic E-state index is -0.725. The number of carbonyl (C=O) groups excluding carboxylic acids is 2. The number of ketones is 1. The summed E-state index contributed by atoms with van der Waals surface area (Å²) in [4.78, 5) is 42.9. The monoisotopic (exact) mass is 615 g/mol. The van der Waals surface area contributed by atoms with Crippen molar-refractivity contribution in [3.63, 3.8) is 0 Å². The van der Waals surface area contributed by atoms with Crippen molar-refractivity contribution in [2.24, 2.45) is 13.0 Å². The fraction of sp³-hybridized carbons (Fsp3) is 0.452. The number of amides is 1. The molecule has 3 aromatic rings. The van der Waals surface area contributed by atoms with Crippen LogP contribution in [0.15, 0.2) is 42.6 Å². The van der Waals surface area contributed by atoms with Crippen molar-refractivity contribution in [1.82, 2.24) is 9.63 Å². The third-order valence-corrected chi connectivity index (χ3v) is 8.84. The molecule has 2 fully saturated rings. The number of ether oxygens (including phenoxy) is 1. The van der Waals surface area contributed by atoms with Crippen LogP contribution in [0.1, 0.15) is 54.4 Å². The smallest absolute Gasteiger partial charge is 0.306 e. The summed E-state index contributed by atoms with van der Waals surface area (Å²) in [6, 6.07) is 10.9. The van der Waals surface area contributed by atoms with E-state index in [-0.39, 0.29) is 47.8 Å². The summed E-state index contributed by atoms with van der Waals surface area (Å²) in [5, 5.41) is 15.3. The van der Waals surface area contributed by atoms with Gasteiger partial charge in [0.15, 0.2) is 5.78 Å². The second-order valence-electron chi connectivity index (χ2n) is 11.1. The van der Waals surface area contributed by atoms with E-state index in [0.717, 1.165) is 36.6 Å². The largest absolute Gasteiger partial charge is 0.481 e. The number of anilines is 1. The molecule has 0 unspecified atom stereocenters. The van der Waals surface area contributed by atoms with Crippen LogP contribution in [-0.2, 0) is 32.6 Å². The summed E-state index contributed by atoms with van der Waals surface area (Å²) < 4.78 is 7.97. The van der Waals surface area contributed by atoms with E-state index < -0.39 is 5.97 Å². The van der Waals surface area contributed by atoms with Crippen LogP contribution in [0.4, 0.5) is 5.69 Å². The Morgan fingerprint density at radius 2 is 1.81 bits per heavy atom. The van der Waals surface area contributed by atoms with Gasteiger partial charge in [0.05, 0.1) is 40.9 Å². The normalized spacial score (nSPS) is 21.1. The molecule has 1 aromatic heterocycles. The van der Waals surface area contributed by atoms with Crippen molar-refractivity contribution in [2.75, 3.05) is 25.1 Å². The average Bonchev–Trinajstić information content (AvgIpc) is 3.57. The van der Waals surface area contributed by atoms with Crippen LogP contribution in [0.3, 0.4) is 0 Å². The first kappa shape index (κ1) is 30.5. The van der Waals surface area contributed by atoms with E-state index in [1.807, 2.05) is 40.9 Å². The number of hydroxylamine groups is 2. The number of halogens is 2. The maximum Gasteiger partial charge on any atom is 0.306 e. The van der Waals surface area contributed by atoms with E-state index in [1.54, 1.807) is 18.3 Å². The molecule has 2 aliphatic rings. The minimum absolute atomic E-state index is 0.0396. The van der Waals surface area contributed by atoms with Gasteiger partial charge in [-0.2, -0.15) is 5.06 Å². The Morgan fingerprint density at radius 3 is 2.57 bits per heavy atom. The number of rotatable bonds is 11. The molecule has 5 rings (SSSR count). The Balaban J connectivity index is 1.11. The number of carboxylic acids is 1. The zero-order valence-electron chi connectivity index (χ0n) is 23.5. The predicted octanol–water partition coefficient (Wildman–Crippen LogP) is 5.91. The Kier molecular flexibility index (Phi) is 9.85. The average molecular weight is 617 g/mol. The molecule has 224 valence electrons. The molecule has 1 atom stereocenters. The van der Waals surface area contributed by atoms with Crippen molar-refractivity contribution < 1.29 is 29.1 Å². The maximum atomic E-state index is 13.0. The number of carbonyl (C=O) groups is 3. The number of benzene rings is 2. The van der Waals surface area contributed by atoms with Crippen molar-refractivity contribution in [1.29, 1.82) is 0 Å². The molecule has 1 aliphatic carbocycles. The van der Waals surface area contributed by atoms with Gasteiger partial charge in [-0.25, -0.2) is 0 Å². The number of nitrogens with one attached hydrogen (secondary N) is 1. The minimum Gasteiger partial charge on any atom is -0.481 e. The fourth-order valence-corrected chi connectivity index (χ4v) is 6.28. The number of aromatic nitrogens is 1. The number of aryl methyl sites for hydroxylation is 1. The number of hydrogen-bond donors (Lipinski definition) is 2. The molecule has 1 amide bonds. The van der Waals surface area contributed by atoms with Gasteiger partial charge in [-0.3, -0.25) is 19.2 Å². The molecule has 0 radical (unpaired) electrons. The van der Waals surface area contributed by atoms with Crippen LogP contribution in [0.2, 0.25) is 10.0 Å². The molecule has 9 nitrogen and oxygen atoms in total. The zero-order valence-corrected chi connectivity index (χ0v) is 25.0. The van der Waals surface area contributed by atoms with Crippen molar-refractivity contribution in [3.8, 4) is 0 Å². The second kappa shape index (κ2) is 13.6. The lowest BCUT2D eigenvalue weighted by molar-refractivity contribution is -0.186. The summed E-state index contributed by atoms with van der Waals surface area (Å²) in [6.07, 6.45) is 6.51. The molecule has 1 aliphatic heterocycles. The van der Waals surface area contributed by atoms with Crippen LogP contribution in [-0.4, -0.2) is 64.3 Å².